The Morgan fingerprint density at radius 2 is 0.608 bits per heavy atom. The van der Waals surface area contributed by atoms with Gasteiger partial charge in [-0.15, -0.1) is 0 Å². The van der Waals surface area contributed by atoms with Crippen LogP contribution in [-0.4, -0.2) is 120 Å². The van der Waals surface area contributed by atoms with E-state index in [0.717, 1.165) is 23.7 Å². The Morgan fingerprint density at radius 1 is 0.392 bits per heavy atom. The third-order valence-electron chi connectivity index (χ3n) is 13.5. The standard InChI is InChI=1S/2C22H45N3.Zn/c2*1-6-10-12-20(8-3)14-23-16-22(5)17-24(19-25(22)18-23)15-21(9-4)13-11-7-2;/h2*20-21H,6-19H2,1-5H3;. The summed E-state index contributed by atoms with van der Waals surface area (Å²) in [6.45, 7) is 38.9. The maximum absolute atomic E-state index is 2.76. The molecule has 4 aliphatic rings. The van der Waals surface area contributed by atoms with Gasteiger partial charge in [0.1, 0.15) is 0 Å². The third kappa shape index (κ3) is 15.1. The summed E-state index contributed by atoms with van der Waals surface area (Å²) in [7, 11) is 0. The summed E-state index contributed by atoms with van der Waals surface area (Å²) in [6, 6.07) is 0. The van der Waals surface area contributed by atoms with Crippen LogP contribution in [0.3, 0.4) is 0 Å². The van der Waals surface area contributed by atoms with Crippen LogP contribution in [0.2, 0.25) is 0 Å². The Hall–Kier alpha value is 0.383. The van der Waals surface area contributed by atoms with Crippen LogP contribution >= 0.6 is 0 Å². The van der Waals surface area contributed by atoms with Gasteiger partial charge in [-0.2, -0.15) is 0 Å². The molecule has 4 atom stereocenters. The van der Waals surface area contributed by atoms with Crippen molar-refractivity contribution in [3.05, 3.63) is 0 Å². The number of unbranched alkanes of at least 4 members (excludes halogenated alkanes) is 4. The molecule has 0 spiro atoms. The van der Waals surface area contributed by atoms with E-state index in [4.69, 9.17) is 0 Å². The van der Waals surface area contributed by atoms with Crippen molar-refractivity contribution in [3.63, 3.8) is 0 Å². The average molecular weight is 769 g/mol. The summed E-state index contributed by atoms with van der Waals surface area (Å²) in [5, 5.41) is 0. The SMILES string of the molecule is CCCCC(CC)CN1CN2CN(CC(CC)CCCC)CC2(C)C1.CCCCC(CC)CN1CN2CN(CC(CC)CCCC)CC2(C)C1.[Zn]. The molecule has 0 saturated carbocycles. The van der Waals surface area contributed by atoms with E-state index in [0.29, 0.717) is 11.1 Å². The van der Waals surface area contributed by atoms with Crippen LogP contribution < -0.4 is 0 Å². The number of hydrogen-bond acceptors (Lipinski definition) is 6. The van der Waals surface area contributed by atoms with E-state index in [1.54, 1.807) is 0 Å². The van der Waals surface area contributed by atoms with Crippen LogP contribution in [0.1, 0.15) is 172 Å². The van der Waals surface area contributed by atoms with E-state index in [-0.39, 0.29) is 19.5 Å². The molecule has 4 fully saturated rings. The van der Waals surface area contributed by atoms with Gasteiger partial charge in [-0.1, -0.05) is 132 Å². The van der Waals surface area contributed by atoms with Crippen LogP contribution in [0.4, 0.5) is 0 Å². The zero-order valence-corrected chi connectivity index (χ0v) is 39.5. The predicted octanol–water partition coefficient (Wildman–Crippen LogP) is 10.0. The van der Waals surface area contributed by atoms with Gasteiger partial charge in [0.05, 0.1) is 26.7 Å². The number of nitrogens with zero attached hydrogens (tertiary/aromatic N) is 6. The Kier molecular flexibility index (Phi) is 23.1. The maximum Gasteiger partial charge on any atom is 0.0525 e. The van der Waals surface area contributed by atoms with Crippen LogP contribution in [0.25, 0.3) is 0 Å². The minimum atomic E-state index is 0. The molecule has 6 nitrogen and oxygen atoms in total. The molecule has 298 valence electrons. The normalized spacial score (nSPS) is 27.2. The van der Waals surface area contributed by atoms with Crippen molar-refractivity contribution < 1.29 is 19.5 Å². The predicted molar refractivity (Wildman–Crippen MR) is 219 cm³/mol. The first-order valence-corrected chi connectivity index (χ1v) is 22.5. The fraction of sp³-hybridized carbons (Fsp3) is 1.00. The van der Waals surface area contributed by atoms with Crippen molar-refractivity contribution >= 4 is 0 Å². The van der Waals surface area contributed by atoms with Gasteiger partial charge < -0.3 is 0 Å². The summed E-state index contributed by atoms with van der Waals surface area (Å²) in [5.41, 5.74) is 0.790. The molecule has 0 aromatic carbocycles. The largest absolute Gasteiger partial charge is 0.288 e. The van der Waals surface area contributed by atoms with E-state index in [1.807, 2.05) is 0 Å². The van der Waals surface area contributed by atoms with E-state index >= 15 is 0 Å². The number of fused-ring (bicyclic) bond motifs is 2. The first-order chi connectivity index (χ1) is 24.1. The monoisotopic (exact) mass is 767 g/mol. The minimum absolute atomic E-state index is 0. The molecule has 0 bridgehead atoms. The first-order valence-electron chi connectivity index (χ1n) is 22.5. The minimum Gasteiger partial charge on any atom is -0.288 e. The fourth-order valence-corrected chi connectivity index (χ4v) is 9.98. The average Bonchev–Trinajstić information content (AvgIpc) is 3.77. The van der Waals surface area contributed by atoms with Gasteiger partial charge >= 0.3 is 0 Å². The fourth-order valence-electron chi connectivity index (χ4n) is 9.98. The molecular formula is C44H90N6Zn. The second-order valence-electron chi connectivity index (χ2n) is 18.4. The maximum atomic E-state index is 2.76. The van der Waals surface area contributed by atoms with Gasteiger partial charge in [0, 0.05) is 82.9 Å². The van der Waals surface area contributed by atoms with Crippen molar-refractivity contribution in [2.45, 2.75) is 183 Å². The van der Waals surface area contributed by atoms with Crippen LogP contribution in [-0.2, 0) is 19.5 Å². The van der Waals surface area contributed by atoms with Crippen LogP contribution in [0, 0.1) is 23.7 Å². The van der Waals surface area contributed by atoms with Crippen LogP contribution in [0.15, 0.2) is 0 Å². The molecular weight excluding hydrogens is 678 g/mol. The van der Waals surface area contributed by atoms with Crippen molar-refractivity contribution in [1.29, 1.82) is 0 Å². The molecule has 0 aromatic rings. The summed E-state index contributed by atoms with van der Waals surface area (Å²) in [5.74, 6) is 3.60. The van der Waals surface area contributed by atoms with Crippen LogP contribution in [0.5, 0.6) is 0 Å². The van der Waals surface area contributed by atoms with Gasteiger partial charge in [-0.25, -0.2) is 0 Å². The molecule has 0 radical (unpaired) electrons. The second-order valence-corrected chi connectivity index (χ2v) is 18.4. The Balaban J connectivity index is 0.000000347. The van der Waals surface area contributed by atoms with Gasteiger partial charge in [0.2, 0.25) is 0 Å². The number of hydrogen-bond donors (Lipinski definition) is 0. The molecule has 0 N–H and O–H groups in total. The number of rotatable bonds is 24. The summed E-state index contributed by atoms with van der Waals surface area (Å²) < 4.78 is 0. The van der Waals surface area contributed by atoms with Crippen molar-refractivity contribution in [2.24, 2.45) is 23.7 Å². The molecule has 0 aromatic heterocycles. The quantitative estimate of drug-likeness (QED) is 0.0905. The molecule has 4 aliphatic heterocycles. The molecule has 7 heteroatoms. The molecule has 4 unspecified atom stereocenters. The van der Waals surface area contributed by atoms with Crippen molar-refractivity contribution in [2.75, 3.05) is 79.0 Å². The zero-order valence-electron chi connectivity index (χ0n) is 36.5. The Bertz CT molecular complexity index is 758. The molecule has 4 rings (SSSR count). The van der Waals surface area contributed by atoms with Gasteiger partial charge in [0.15, 0.2) is 0 Å². The Morgan fingerprint density at radius 3 is 0.765 bits per heavy atom. The van der Waals surface area contributed by atoms with Crippen molar-refractivity contribution in [1.82, 2.24) is 29.4 Å². The second kappa shape index (κ2) is 24.8. The van der Waals surface area contributed by atoms with E-state index in [9.17, 15) is 0 Å². The first kappa shape index (κ1) is 47.5. The molecule has 0 aliphatic carbocycles. The van der Waals surface area contributed by atoms with Crippen molar-refractivity contribution in [3.8, 4) is 0 Å². The summed E-state index contributed by atoms with van der Waals surface area (Å²) >= 11 is 0. The van der Waals surface area contributed by atoms with E-state index in [1.165, 1.54) is 182 Å². The zero-order chi connectivity index (χ0) is 36.6. The molecule has 4 heterocycles. The molecule has 4 saturated heterocycles. The third-order valence-corrected chi connectivity index (χ3v) is 13.5. The van der Waals surface area contributed by atoms with Gasteiger partial charge in [-0.3, -0.25) is 29.4 Å². The summed E-state index contributed by atoms with van der Waals surface area (Å²) in [4.78, 5) is 16.5. The summed E-state index contributed by atoms with van der Waals surface area (Å²) in [6.07, 6.45) is 22.0. The topological polar surface area (TPSA) is 19.4 Å². The van der Waals surface area contributed by atoms with Gasteiger partial charge in [0.25, 0.3) is 0 Å². The molecule has 51 heavy (non-hydrogen) atoms. The smallest absolute Gasteiger partial charge is 0.0525 e. The Labute approximate surface area is 333 Å². The van der Waals surface area contributed by atoms with E-state index < -0.39 is 0 Å². The van der Waals surface area contributed by atoms with Gasteiger partial charge in [-0.05, 0) is 63.2 Å². The molecule has 0 amide bonds. The van der Waals surface area contributed by atoms with E-state index in [2.05, 4.69) is 98.6 Å².